The molecule has 2 aliphatic heterocycles. The van der Waals surface area contributed by atoms with Crippen molar-refractivity contribution in [1.82, 2.24) is 9.80 Å². The molecule has 3 amide bonds. The van der Waals surface area contributed by atoms with Crippen LogP contribution in [0.3, 0.4) is 0 Å². The minimum Gasteiger partial charge on any atom is -0.376 e. The summed E-state index contributed by atoms with van der Waals surface area (Å²) in [6.45, 7) is 4.97. The predicted octanol–water partition coefficient (Wildman–Crippen LogP) is 4.54. The van der Waals surface area contributed by atoms with E-state index in [1.165, 1.54) is 4.90 Å². The summed E-state index contributed by atoms with van der Waals surface area (Å²) < 4.78 is 48.5. The largest absolute Gasteiger partial charge is 2.00 e. The summed E-state index contributed by atoms with van der Waals surface area (Å²) in [7, 11) is 1.57. The van der Waals surface area contributed by atoms with Gasteiger partial charge in [-0.2, -0.15) is 19.1 Å². The SMILES string of the molecule is CC(C)[CH-]C(=O)N1CCC2(CC1)C(=O)N(C)C(=O)C2c1ccccc1.O=[C-]c1cc(C(F)(F)F)ccc1F.[Nb+2]. The van der Waals surface area contributed by atoms with E-state index in [0.29, 0.717) is 44.1 Å². The van der Waals surface area contributed by atoms with Crippen molar-refractivity contribution >= 4 is 24.0 Å². The molecule has 0 aromatic heterocycles. The third kappa shape index (κ3) is 6.98. The number of likely N-dealkylation sites (N-methyl/N-ethyl adjacent to an activating group) is 1. The van der Waals surface area contributed by atoms with Crippen molar-refractivity contribution in [2.45, 2.75) is 38.8 Å². The molecule has 1 radical (unpaired) electrons. The van der Waals surface area contributed by atoms with E-state index in [2.05, 4.69) is 0 Å². The molecule has 0 N–H and O–H groups in total. The molecular formula is C28H28F4N2NbO4. The van der Waals surface area contributed by atoms with E-state index in [0.717, 1.165) is 11.8 Å². The minimum atomic E-state index is -4.57. The number of halogens is 4. The summed E-state index contributed by atoms with van der Waals surface area (Å²) >= 11 is 0. The molecule has 0 saturated carbocycles. The average molecular weight is 625 g/mol. The van der Waals surface area contributed by atoms with Gasteiger partial charge in [-0.1, -0.05) is 56.3 Å². The first-order valence-electron chi connectivity index (χ1n) is 12.1. The Hall–Kier alpha value is -2.95. The maximum absolute atomic E-state index is 12.9. The van der Waals surface area contributed by atoms with Gasteiger partial charge in [0.1, 0.15) is 0 Å². The van der Waals surface area contributed by atoms with Crippen LogP contribution in [0.15, 0.2) is 48.5 Å². The first kappa shape index (κ1) is 32.3. The Kier molecular flexibility index (Phi) is 10.7. The Balaban J connectivity index is 0.000000324. The third-order valence-corrected chi connectivity index (χ3v) is 6.84. The number of likely N-dealkylation sites (tertiary alicyclic amines) is 2. The van der Waals surface area contributed by atoms with Crippen molar-refractivity contribution in [3.8, 4) is 0 Å². The van der Waals surface area contributed by atoms with E-state index in [1.54, 1.807) is 18.4 Å². The van der Waals surface area contributed by atoms with Gasteiger partial charge in [-0.15, -0.1) is 11.6 Å². The fourth-order valence-corrected chi connectivity index (χ4v) is 4.89. The number of hydrogen-bond acceptors (Lipinski definition) is 4. The molecule has 2 aromatic rings. The molecule has 0 aliphatic carbocycles. The first-order chi connectivity index (χ1) is 17.8. The molecule has 2 aliphatic rings. The Morgan fingerprint density at radius 2 is 1.67 bits per heavy atom. The number of hydrogen-bond donors (Lipinski definition) is 0. The molecule has 2 saturated heterocycles. The smallest absolute Gasteiger partial charge is 0.376 e. The van der Waals surface area contributed by atoms with Crippen LogP contribution in [0.5, 0.6) is 0 Å². The maximum atomic E-state index is 12.9. The number of carbonyl (C=O) groups excluding carboxylic acids is 4. The third-order valence-electron chi connectivity index (χ3n) is 6.84. The summed E-state index contributed by atoms with van der Waals surface area (Å²) in [4.78, 5) is 51.0. The summed E-state index contributed by atoms with van der Waals surface area (Å²) in [6, 6.07) is 11.1. The van der Waals surface area contributed by atoms with Crippen LogP contribution in [0.1, 0.15) is 49.3 Å². The number of rotatable bonds is 4. The van der Waals surface area contributed by atoms with Gasteiger partial charge >= 0.3 is 28.6 Å². The van der Waals surface area contributed by atoms with Gasteiger partial charge < -0.3 is 20.9 Å². The summed E-state index contributed by atoms with van der Waals surface area (Å²) in [6.07, 6.45) is -0.725. The molecule has 1 spiro atoms. The Morgan fingerprint density at radius 1 is 1.08 bits per heavy atom. The first-order valence-corrected chi connectivity index (χ1v) is 12.1. The van der Waals surface area contributed by atoms with Crippen molar-refractivity contribution < 1.29 is 59.1 Å². The fraction of sp³-hybridized carbons (Fsp3) is 0.393. The van der Waals surface area contributed by atoms with Gasteiger partial charge in [-0.25, -0.2) is 0 Å². The average Bonchev–Trinajstić information content (AvgIpc) is 3.05. The monoisotopic (exact) mass is 625 g/mol. The van der Waals surface area contributed by atoms with Crippen LogP contribution in [0, 0.1) is 23.6 Å². The van der Waals surface area contributed by atoms with Crippen molar-refractivity contribution in [2.75, 3.05) is 20.1 Å². The van der Waals surface area contributed by atoms with Crippen LogP contribution >= 0.6 is 0 Å². The van der Waals surface area contributed by atoms with Crippen molar-refractivity contribution in [1.29, 1.82) is 0 Å². The molecular weight excluding hydrogens is 597 g/mol. The van der Waals surface area contributed by atoms with Crippen molar-refractivity contribution in [2.24, 2.45) is 11.3 Å². The molecule has 1 unspecified atom stereocenters. The summed E-state index contributed by atoms with van der Waals surface area (Å²) in [5, 5.41) is 0. The van der Waals surface area contributed by atoms with Gasteiger partial charge in [0.05, 0.1) is 23.5 Å². The Labute approximate surface area is 240 Å². The second-order valence-corrected chi connectivity index (χ2v) is 9.73. The van der Waals surface area contributed by atoms with E-state index < -0.39 is 34.5 Å². The van der Waals surface area contributed by atoms with Gasteiger partial charge in [0, 0.05) is 26.0 Å². The number of carbonyl (C=O) groups is 3. The number of amides is 3. The zero-order valence-corrected chi connectivity index (χ0v) is 23.9. The molecule has 207 valence electrons. The quantitative estimate of drug-likeness (QED) is 0.217. The van der Waals surface area contributed by atoms with Gasteiger partial charge in [0.15, 0.2) is 0 Å². The summed E-state index contributed by atoms with van der Waals surface area (Å²) in [5.74, 6) is -1.48. The van der Waals surface area contributed by atoms with Gasteiger partial charge in [0.2, 0.25) is 11.8 Å². The van der Waals surface area contributed by atoms with Crippen LogP contribution in [0.2, 0.25) is 0 Å². The topological polar surface area (TPSA) is 74.8 Å². The standard InChI is InChI=1S/C20H25N2O3.C8H3F4O.Nb/c1-14(2)13-16(23)22-11-9-20(10-12-22)17(15-7-5-4-6-8-15)18(24)21(3)19(20)25;9-7-2-1-6(8(10,11)12)3-5(7)4-13;/h4-8,13-14,17H,9-12H2,1-3H3;1-3H;/q2*-1;+2. The van der Waals surface area contributed by atoms with Crippen molar-refractivity contribution in [3.05, 3.63) is 77.5 Å². The van der Waals surface area contributed by atoms with Crippen LogP contribution in [-0.4, -0.2) is 53.9 Å². The maximum Gasteiger partial charge on any atom is 2.00 e. The normalized spacial score (nSPS) is 18.4. The van der Waals surface area contributed by atoms with Crippen LogP contribution < -0.4 is 0 Å². The second kappa shape index (κ2) is 12.9. The number of alkyl halides is 3. The van der Waals surface area contributed by atoms with E-state index in [9.17, 15) is 36.7 Å². The van der Waals surface area contributed by atoms with Gasteiger partial charge in [-0.3, -0.25) is 18.9 Å². The number of nitrogens with zero attached hydrogens (tertiary/aromatic N) is 2. The van der Waals surface area contributed by atoms with E-state index >= 15 is 0 Å². The minimum absolute atomic E-state index is 0. The second-order valence-electron chi connectivity index (χ2n) is 9.73. The molecule has 6 nitrogen and oxygen atoms in total. The van der Waals surface area contributed by atoms with Crippen LogP contribution in [-0.2, 0) is 47.7 Å². The molecule has 39 heavy (non-hydrogen) atoms. The van der Waals surface area contributed by atoms with E-state index in [-0.39, 0.29) is 46.0 Å². The molecule has 2 heterocycles. The number of benzene rings is 2. The van der Waals surface area contributed by atoms with Crippen LogP contribution in [0.25, 0.3) is 0 Å². The Morgan fingerprint density at radius 3 is 2.18 bits per heavy atom. The molecule has 2 fully saturated rings. The zero-order chi connectivity index (χ0) is 28.3. The predicted molar refractivity (Wildman–Crippen MR) is 131 cm³/mol. The Bertz CT molecular complexity index is 1200. The van der Waals surface area contributed by atoms with Crippen LogP contribution in [0.4, 0.5) is 17.6 Å². The molecule has 2 aromatic carbocycles. The zero-order valence-electron chi connectivity index (χ0n) is 21.7. The van der Waals surface area contributed by atoms with Gasteiger partial charge in [-0.05, 0) is 24.0 Å². The number of piperidine rings is 1. The molecule has 1 atom stereocenters. The van der Waals surface area contributed by atoms with E-state index in [1.807, 2.05) is 44.2 Å². The summed E-state index contributed by atoms with van der Waals surface area (Å²) in [5.41, 5.74) is -1.61. The molecule has 11 heteroatoms. The number of imide groups is 1. The molecule has 0 bridgehead atoms. The van der Waals surface area contributed by atoms with Gasteiger partial charge in [0.25, 0.3) is 0 Å². The molecule has 4 rings (SSSR count). The van der Waals surface area contributed by atoms with E-state index in [4.69, 9.17) is 0 Å². The fourth-order valence-electron chi connectivity index (χ4n) is 4.89. The van der Waals surface area contributed by atoms with Crippen molar-refractivity contribution in [3.63, 3.8) is 0 Å².